The molecule has 1 saturated heterocycles. The van der Waals surface area contributed by atoms with E-state index in [1.165, 1.54) is 24.8 Å². The van der Waals surface area contributed by atoms with Crippen LogP contribution in [-0.4, -0.2) is 24.9 Å². The molecule has 2 aliphatic rings. The molecule has 1 heterocycles. The molecule has 1 saturated carbocycles. The lowest BCUT2D eigenvalue weighted by Gasteiger charge is -2.46. The summed E-state index contributed by atoms with van der Waals surface area (Å²) < 4.78 is 0. The Hall–Kier alpha value is -2.62. The second-order valence-electron chi connectivity index (χ2n) is 8.74. The number of nitrogens with one attached hydrogen (secondary N) is 1. The van der Waals surface area contributed by atoms with Crippen LogP contribution in [0, 0.1) is 11.8 Å². The van der Waals surface area contributed by atoms with E-state index < -0.39 is 0 Å². The zero-order valence-electron chi connectivity index (χ0n) is 17.6. The highest BCUT2D eigenvalue weighted by atomic mass is 16.2. The molecule has 1 aliphatic heterocycles. The zero-order valence-corrected chi connectivity index (χ0v) is 17.6. The highest BCUT2D eigenvalue weighted by Gasteiger charge is 2.44. The van der Waals surface area contributed by atoms with Gasteiger partial charge in [-0.05, 0) is 49.3 Å². The number of anilines is 1. The Bertz CT molecular complexity index is 823. The van der Waals surface area contributed by atoms with E-state index in [0.717, 1.165) is 37.8 Å². The van der Waals surface area contributed by atoms with E-state index in [2.05, 4.69) is 35.6 Å². The Kier molecular flexibility index (Phi) is 6.83. The minimum atomic E-state index is 0.0214. The molecule has 4 atom stereocenters. The SMILES string of the molecule is O=CN(CCCC[C@@H]1C(=O)N[C@H]2CCCC[C@@H]2[C@@H]1c1ccccc1)c1ccccc1. The minimum absolute atomic E-state index is 0.0214. The summed E-state index contributed by atoms with van der Waals surface area (Å²) in [5.41, 5.74) is 2.24. The Morgan fingerprint density at radius 1 is 0.933 bits per heavy atom. The molecule has 2 aromatic rings. The molecule has 0 radical (unpaired) electrons. The topological polar surface area (TPSA) is 49.4 Å². The fraction of sp³-hybridized carbons (Fsp3) is 0.462. The van der Waals surface area contributed by atoms with Crippen molar-refractivity contribution in [3.63, 3.8) is 0 Å². The van der Waals surface area contributed by atoms with Crippen molar-refractivity contribution in [3.8, 4) is 0 Å². The number of hydrogen-bond donors (Lipinski definition) is 1. The van der Waals surface area contributed by atoms with Crippen molar-refractivity contribution in [2.24, 2.45) is 11.8 Å². The summed E-state index contributed by atoms with van der Waals surface area (Å²) in [7, 11) is 0. The van der Waals surface area contributed by atoms with Gasteiger partial charge in [0.15, 0.2) is 0 Å². The molecule has 0 unspecified atom stereocenters. The first kappa shape index (κ1) is 20.6. The minimum Gasteiger partial charge on any atom is -0.353 e. The number of rotatable bonds is 8. The van der Waals surface area contributed by atoms with Gasteiger partial charge in [-0.3, -0.25) is 9.59 Å². The summed E-state index contributed by atoms with van der Waals surface area (Å²) in [6, 6.07) is 20.7. The Morgan fingerprint density at radius 2 is 1.63 bits per heavy atom. The summed E-state index contributed by atoms with van der Waals surface area (Å²) in [5, 5.41) is 3.35. The van der Waals surface area contributed by atoms with Crippen molar-refractivity contribution in [2.45, 2.75) is 56.9 Å². The van der Waals surface area contributed by atoms with Crippen LogP contribution in [0.4, 0.5) is 5.69 Å². The quantitative estimate of drug-likeness (QED) is 0.502. The van der Waals surface area contributed by atoms with Gasteiger partial charge in [0.05, 0.1) is 0 Å². The predicted octanol–water partition coefficient (Wildman–Crippen LogP) is 4.91. The van der Waals surface area contributed by atoms with Crippen LogP contribution in [0.3, 0.4) is 0 Å². The van der Waals surface area contributed by atoms with Gasteiger partial charge < -0.3 is 10.2 Å². The van der Waals surface area contributed by atoms with Crippen LogP contribution in [0.25, 0.3) is 0 Å². The van der Waals surface area contributed by atoms with Crippen LogP contribution < -0.4 is 10.2 Å². The van der Waals surface area contributed by atoms with E-state index in [9.17, 15) is 9.59 Å². The molecular weight excluding hydrogens is 372 g/mol. The zero-order chi connectivity index (χ0) is 20.8. The second-order valence-corrected chi connectivity index (χ2v) is 8.74. The van der Waals surface area contributed by atoms with E-state index in [4.69, 9.17) is 0 Å². The standard InChI is InChI=1S/C26H32N2O2/c29-19-28(21-13-5-2-6-14-21)18-10-9-16-23-25(20-11-3-1-4-12-20)22-15-7-8-17-24(22)27-26(23)30/h1-6,11-14,19,22-25H,7-10,15-18H2,(H,27,30)/t22-,23-,24-,25-/m0/s1. The maximum absolute atomic E-state index is 13.1. The van der Waals surface area contributed by atoms with E-state index in [1.807, 2.05) is 30.3 Å². The number of piperidine rings is 1. The van der Waals surface area contributed by atoms with Crippen molar-refractivity contribution in [2.75, 3.05) is 11.4 Å². The first-order valence-electron chi connectivity index (χ1n) is 11.4. The van der Waals surface area contributed by atoms with E-state index in [1.54, 1.807) is 4.90 Å². The largest absolute Gasteiger partial charge is 0.353 e. The molecule has 2 aromatic carbocycles. The van der Waals surface area contributed by atoms with Crippen molar-refractivity contribution in [1.82, 2.24) is 5.32 Å². The molecule has 158 valence electrons. The second kappa shape index (κ2) is 9.92. The number of carbonyl (C=O) groups is 2. The van der Waals surface area contributed by atoms with Crippen molar-refractivity contribution < 1.29 is 9.59 Å². The van der Waals surface area contributed by atoms with Gasteiger partial charge in [-0.15, -0.1) is 0 Å². The van der Waals surface area contributed by atoms with Gasteiger partial charge in [-0.25, -0.2) is 0 Å². The highest BCUT2D eigenvalue weighted by molar-refractivity contribution is 5.81. The van der Waals surface area contributed by atoms with Gasteiger partial charge in [0.1, 0.15) is 0 Å². The fourth-order valence-electron chi connectivity index (χ4n) is 5.49. The molecule has 4 heteroatoms. The average Bonchev–Trinajstić information content (AvgIpc) is 2.80. The summed E-state index contributed by atoms with van der Waals surface area (Å²) in [5.74, 6) is 1.09. The van der Waals surface area contributed by atoms with Gasteiger partial charge in [0, 0.05) is 30.1 Å². The maximum Gasteiger partial charge on any atom is 0.223 e. The van der Waals surface area contributed by atoms with Gasteiger partial charge in [0.25, 0.3) is 0 Å². The Labute approximate surface area is 179 Å². The lowest BCUT2D eigenvalue weighted by Crippen LogP contribution is -2.54. The van der Waals surface area contributed by atoms with Crippen molar-refractivity contribution >= 4 is 18.0 Å². The molecule has 4 nitrogen and oxygen atoms in total. The summed E-state index contributed by atoms with van der Waals surface area (Å²) >= 11 is 0. The molecule has 1 N–H and O–H groups in total. The third kappa shape index (κ3) is 4.58. The highest BCUT2D eigenvalue weighted by Crippen LogP contribution is 2.45. The van der Waals surface area contributed by atoms with Crippen LogP contribution in [0.15, 0.2) is 60.7 Å². The Morgan fingerprint density at radius 3 is 2.37 bits per heavy atom. The molecule has 0 spiro atoms. The van der Waals surface area contributed by atoms with Crippen LogP contribution >= 0.6 is 0 Å². The van der Waals surface area contributed by atoms with Gasteiger partial charge in [-0.2, -0.15) is 0 Å². The number of carbonyl (C=O) groups excluding carboxylic acids is 2. The molecule has 2 fully saturated rings. The normalized spacial score (nSPS) is 25.8. The van der Waals surface area contributed by atoms with E-state index in [-0.39, 0.29) is 11.8 Å². The van der Waals surface area contributed by atoms with Gasteiger partial charge in [-0.1, -0.05) is 67.8 Å². The van der Waals surface area contributed by atoms with Crippen molar-refractivity contribution in [3.05, 3.63) is 66.2 Å². The number of unbranched alkanes of at least 4 members (excludes halogenated alkanes) is 1. The molecule has 1 aliphatic carbocycles. The number of amides is 2. The number of nitrogens with zero attached hydrogens (tertiary/aromatic N) is 1. The van der Waals surface area contributed by atoms with Crippen LogP contribution in [0.2, 0.25) is 0 Å². The van der Waals surface area contributed by atoms with Crippen LogP contribution in [0.1, 0.15) is 56.4 Å². The number of para-hydroxylation sites is 1. The van der Waals surface area contributed by atoms with Crippen LogP contribution in [-0.2, 0) is 9.59 Å². The lowest BCUT2D eigenvalue weighted by molar-refractivity contribution is -0.131. The molecule has 2 amide bonds. The first-order chi connectivity index (χ1) is 14.8. The summed E-state index contributed by atoms with van der Waals surface area (Å²) in [6.45, 7) is 0.684. The number of fused-ring (bicyclic) bond motifs is 1. The van der Waals surface area contributed by atoms with Gasteiger partial charge >= 0.3 is 0 Å². The van der Waals surface area contributed by atoms with Gasteiger partial charge in [0.2, 0.25) is 12.3 Å². The third-order valence-electron chi connectivity index (χ3n) is 6.94. The predicted molar refractivity (Wildman–Crippen MR) is 120 cm³/mol. The molecular formula is C26H32N2O2. The monoisotopic (exact) mass is 404 g/mol. The van der Waals surface area contributed by atoms with E-state index >= 15 is 0 Å². The maximum atomic E-state index is 13.1. The molecule has 30 heavy (non-hydrogen) atoms. The number of hydrogen-bond acceptors (Lipinski definition) is 2. The number of benzene rings is 2. The summed E-state index contributed by atoms with van der Waals surface area (Å²) in [6.07, 6.45) is 8.40. The molecule has 0 bridgehead atoms. The van der Waals surface area contributed by atoms with Crippen molar-refractivity contribution in [1.29, 1.82) is 0 Å². The average molecular weight is 405 g/mol. The summed E-state index contributed by atoms with van der Waals surface area (Å²) in [4.78, 5) is 26.3. The first-order valence-corrected chi connectivity index (χ1v) is 11.4. The smallest absolute Gasteiger partial charge is 0.223 e. The third-order valence-corrected chi connectivity index (χ3v) is 6.94. The Balaban J connectivity index is 1.42. The van der Waals surface area contributed by atoms with E-state index in [0.29, 0.717) is 24.4 Å². The lowest BCUT2D eigenvalue weighted by atomic mass is 9.65. The molecule has 4 rings (SSSR count). The fourth-order valence-corrected chi connectivity index (χ4v) is 5.49. The molecule has 0 aromatic heterocycles. The van der Waals surface area contributed by atoms with Crippen LogP contribution in [0.5, 0.6) is 0 Å².